The molecule has 0 fully saturated rings. The largest absolute Gasteiger partial charge is 0.236 e. The van der Waals surface area contributed by atoms with E-state index in [1.165, 1.54) is 5.56 Å². The van der Waals surface area contributed by atoms with Gasteiger partial charge in [0.25, 0.3) is 0 Å². The molecule has 0 aliphatic rings. The maximum atomic E-state index is 5.79. The van der Waals surface area contributed by atoms with Gasteiger partial charge in [0, 0.05) is 10.7 Å². The monoisotopic (exact) mass is 255 g/mol. The summed E-state index contributed by atoms with van der Waals surface area (Å²) in [5.41, 5.74) is 2.16. The number of rotatable bonds is 1. The van der Waals surface area contributed by atoms with Crippen molar-refractivity contribution in [2.75, 3.05) is 0 Å². The maximum absolute atomic E-state index is 5.79. The van der Waals surface area contributed by atoms with Crippen molar-refractivity contribution in [2.45, 2.75) is 5.33 Å². The lowest BCUT2D eigenvalue weighted by molar-refractivity contribution is 1.38. The zero-order valence-electron chi connectivity index (χ0n) is 6.80. The molecule has 0 unspecified atom stereocenters. The Morgan fingerprint density at radius 1 is 1.23 bits per heavy atom. The van der Waals surface area contributed by atoms with Crippen LogP contribution in [-0.2, 0) is 5.33 Å². The van der Waals surface area contributed by atoms with Crippen molar-refractivity contribution < 1.29 is 0 Å². The third-order valence-electron chi connectivity index (χ3n) is 1.88. The van der Waals surface area contributed by atoms with Crippen molar-refractivity contribution in [3.63, 3.8) is 0 Å². The third-order valence-corrected chi connectivity index (χ3v) is 2.73. The first-order valence-corrected chi connectivity index (χ1v) is 5.41. The minimum atomic E-state index is 0.541. The molecule has 3 heteroatoms. The molecule has 1 nitrogen and oxygen atoms in total. The SMILES string of the molecule is Clc1ccc2ccc(CBr)cc2n1. The lowest BCUT2D eigenvalue weighted by Gasteiger charge is -1.99. The number of hydrogen-bond donors (Lipinski definition) is 0. The van der Waals surface area contributed by atoms with E-state index in [2.05, 4.69) is 33.0 Å². The Balaban J connectivity index is 2.68. The molecule has 1 aromatic heterocycles. The van der Waals surface area contributed by atoms with Crippen LogP contribution in [0.15, 0.2) is 30.3 Å². The predicted octanol–water partition coefficient (Wildman–Crippen LogP) is 3.78. The fourth-order valence-corrected chi connectivity index (χ4v) is 1.72. The summed E-state index contributed by atoms with van der Waals surface area (Å²) in [6.45, 7) is 0. The summed E-state index contributed by atoms with van der Waals surface area (Å²) in [7, 11) is 0. The average molecular weight is 257 g/mol. The van der Waals surface area contributed by atoms with Gasteiger partial charge in [-0.2, -0.15) is 0 Å². The molecular weight excluding hydrogens is 249 g/mol. The Kier molecular flexibility index (Phi) is 2.51. The van der Waals surface area contributed by atoms with Crippen molar-refractivity contribution >= 4 is 38.4 Å². The van der Waals surface area contributed by atoms with Crippen LogP contribution < -0.4 is 0 Å². The standard InChI is InChI=1S/C10H7BrClN/c11-6-7-1-2-8-3-4-10(12)13-9(8)5-7/h1-5H,6H2. The van der Waals surface area contributed by atoms with Crippen LogP contribution in [0.5, 0.6) is 0 Å². The molecule has 2 rings (SSSR count). The normalized spacial score (nSPS) is 10.6. The summed E-state index contributed by atoms with van der Waals surface area (Å²) in [5.74, 6) is 0. The zero-order chi connectivity index (χ0) is 9.26. The van der Waals surface area contributed by atoms with Gasteiger partial charge in [0.2, 0.25) is 0 Å². The molecule has 0 radical (unpaired) electrons. The highest BCUT2D eigenvalue weighted by Crippen LogP contribution is 2.18. The summed E-state index contributed by atoms with van der Waals surface area (Å²) in [4.78, 5) is 4.23. The van der Waals surface area contributed by atoms with Crippen molar-refractivity contribution in [1.82, 2.24) is 4.98 Å². The Hall–Kier alpha value is -0.600. The number of hydrogen-bond acceptors (Lipinski definition) is 1. The van der Waals surface area contributed by atoms with Crippen LogP contribution in [-0.4, -0.2) is 4.98 Å². The molecule has 0 saturated carbocycles. The highest BCUT2D eigenvalue weighted by molar-refractivity contribution is 9.08. The minimum absolute atomic E-state index is 0.541. The van der Waals surface area contributed by atoms with Gasteiger partial charge in [-0.3, -0.25) is 0 Å². The van der Waals surface area contributed by atoms with Gasteiger partial charge in [0.1, 0.15) is 5.15 Å². The summed E-state index contributed by atoms with van der Waals surface area (Å²) < 4.78 is 0. The second kappa shape index (κ2) is 3.64. The smallest absolute Gasteiger partial charge is 0.129 e. The topological polar surface area (TPSA) is 12.9 Å². The Morgan fingerprint density at radius 3 is 2.77 bits per heavy atom. The van der Waals surface area contributed by atoms with Crippen LogP contribution in [0.25, 0.3) is 10.9 Å². The summed E-state index contributed by atoms with van der Waals surface area (Å²) >= 11 is 9.19. The van der Waals surface area contributed by atoms with E-state index in [0.717, 1.165) is 16.2 Å². The fourth-order valence-electron chi connectivity index (χ4n) is 1.22. The number of fused-ring (bicyclic) bond motifs is 1. The molecule has 0 spiro atoms. The molecule has 66 valence electrons. The lowest BCUT2D eigenvalue weighted by atomic mass is 10.1. The van der Waals surface area contributed by atoms with E-state index < -0.39 is 0 Å². The molecule has 13 heavy (non-hydrogen) atoms. The number of aromatic nitrogens is 1. The molecule has 0 N–H and O–H groups in total. The highest BCUT2D eigenvalue weighted by atomic mass is 79.9. The van der Waals surface area contributed by atoms with Crippen LogP contribution in [0.1, 0.15) is 5.56 Å². The van der Waals surface area contributed by atoms with Crippen LogP contribution in [0, 0.1) is 0 Å². The molecule has 0 saturated heterocycles. The van der Waals surface area contributed by atoms with Crippen molar-refractivity contribution in [3.8, 4) is 0 Å². The van der Waals surface area contributed by atoms with Crippen molar-refractivity contribution in [2.24, 2.45) is 0 Å². The van der Waals surface area contributed by atoms with E-state index in [0.29, 0.717) is 5.15 Å². The van der Waals surface area contributed by atoms with E-state index in [-0.39, 0.29) is 0 Å². The molecule has 0 bridgehead atoms. The van der Waals surface area contributed by atoms with Gasteiger partial charge in [-0.1, -0.05) is 39.7 Å². The van der Waals surface area contributed by atoms with E-state index in [1.807, 2.05) is 12.1 Å². The van der Waals surface area contributed by atoms with E-state index in [9.17, 15) is 0 Å². The number of nitrogens with zero attached hydrogens (tertiary/aromatic N) is 1. The van der Waals surface area contributed by atoms with Gasteiger partial charge in [0.05, 0.1) is 5.52 Å². The second-order valence-electron chi connectivity index (χ2n) is 2.79. The van der Waals surface area contributed by atoms with E-state index >= 15 is 0 Å². The maximum Gasteiger partial charge on any atom is 0.129 e. The molecule has 1 aromatic carbocycles. The van der Waals surface area contributed by atoms with Crippen LogP contribution in [0.4, 0.5) is 0 Å². The van der Waals surface area contributed by atoms with Crippen LogP contribution in [0.2, 0.25) is 5.15 Å². The number of pyridine rings is 1. The number of alkyl halides is 1. The van der Waals surface area contributed by atoms with Gasteiger partial charge in [-0.25, -0.2) is 4.98 Å². The van der Waals surface area contributed by atoms with Gasteiger partial charge >= 0.3 is 0 Å². The molecular formula is C10H7BrClN. The first-order chi connectivity index (χ1) is 6.29. The Bertz CT molecular complexity index is 442. The van der Waals surface area contributed by atoms with Gasteiger partial charge < -0.3 is 0 Å². The molecule has 0 atom stereocenters. The molecule has 0 aliphatic carbocycles. The van der Waals surface area contributed by atoms with Crippen molar-refractivity contribution in [3.05, 3.63) is 41.0 Å². The number of benzene rings is 1. The minimum Gasteiger partial charge on any atom is -0.236 e. The van der Waals surface area contributed by atoms with Gasteiger partial charge in [-0.05, 0) is 23.8 Å². The van der Waals surface area contributed by atoms with Crippen LogP contribution >= 0.6 is 27.5 Å². The van der Waals surface area contributed by atoms with Gasteiger partial charge in [-0.15, -0.1) is 0 Å². The molecule has 1 heterocycles. The summed E-state index contributed by atoms with van der Waals surface area (Å²) in [6, 6.07) is 9.94. The molecule has 2 aromatic rings. The quantitative estimate of drug-likeness (QED) is 0.559. The predicted molar refractivity (Wildman–Crippen MR) is 59.4 cm³/mol. The molecule has 0 aliphatic heterocycles. The van der Waals surface area contributed by atoms with Crippen LogP contribution in [0.3, 0.4) is 0 Å². The Labute approximate surface area is 89.9 Å². The molecule has 0 amide bonds. The fraction of sp³-hybridized carbons (Fsp3) is 0.100. The van der Waals surface area contributed by atoms with E-state index in [4.69, 9.17) is 11.6 Å². The number of halogens is 2. The third kappa shape index (κ3) is 1.84. The lowest BCUT2D eigenvalue weighted by Crippen LogP contribution is -1.82. The highest BCUT2D eigenvalue weighted by Gasteiger charge is 1.97. The van der Waals surface area contributed by atoms with Gasteiger partial charge in [0.15, 0.2) is 0 Å². The summed E-state index contributed by atoms with van der Waals surface area (Å²) in [5, 5.41) is 2.50. The Morgan fingerprint density at radius 2 is 2.00 bits per heavy atom. The summed E-state index contributed by atoms with van der Waals surface area (Å²) in [6.07, 6.45) is 0. The average Bonchev–Trinajstić information content (AvgIpc) is 2.16. The zero-order valence-corrected chi connectivity index (χ0v) is 9.14. The second-order valence-corrected chi connectivity index (χ2v) is 3.74. The first kappa shape index (κ1) is 8.97. The van der Waals surface area contributed by atoms with Crippen molar-refractivity contribution in [1.29, 1.82) is 0 Å². The van der Waals surface area contributed by atoms with E-state index in [1.54, 1.807) is 6.07 Å². The first-order valence-electron chi connectivity index (χ1n) is 3.91.